The first kappa shape index (κ1) is 15.1. The molecule has 22 heavy (non-hydrogen) atoms. The molecule has 4 heteroatoms. The Hall–Kier alpha value is -1.84. The Morgan fingerprint density at radius 2 is 1.86 bits per heavy atom. The maximum absolute atomic E-state index is 12.5. The molecular formula is C18H23NO3. The quantitative estimate of drug-likeness (QED) is 0.801. The largest absolute Gasteiger partial charge is 0.486 e. The van der Waals surface area contributed by atoms with Crippen LogP contribution in [-0.2, 0) is 4.79 Å². The first-order valence-electron chi connectivity index (χ1n) is 8.05. The normalized spacial score (nSPS) is 19.8. The van der Waals surface area contributed by atoms with E-state index in [1.807, 2.05) is 37.8 Å². The molecule has 118 valence electrons. The molecule has 0 atom stereocenters. The molecule has 0 radical (unpaired) electrons. The van der Waals surface area contributed by atoms with Gasteiger partial charge in [-0.1, -0.05) is 6.92 Å². The third kappa shape index (κ3) is 2.51. The molecule has 0 saturated carbocycles. The van der Waals surface area contributed by atoms with Gasteiger partial charge in [-0.05, 0) is 37.1 Å². The van der Waals surface area contributed by atoms with E-state index in [-0.39, 0.29) is 11.7 Å². The monoisotopic (exact) mass is 301 g/mol. The van der Waals surface area contributed by atoms with Crippen LogP contribution in [0.3, 0.4) is 0 Å². The number of ether oxygens (including phenoxy) is 1. The third-order valence-electron chi connectivity index (χ3n) is 5.04. The summed E-state index contributed by atoms with van der Waals surface area (Å²) in [6.07, 6.45) is 2.43. The Balaban J connectivity index is 1.82. The van der Waals surface area contributed by atoms with Gasteiger partial charge in [0, 0.05) is 32.4 Å². The van der Waals surface area contributed by atoms with Crippen molar-refractivity contribution in [1.29, 1.82) is 0 Å². The molecule has 0 aromatic heterocycles. The minimum absolute atomic E-state index is 0.166. The molecule has 1 amide bonds. The Labute approximate surface area is 131 Å². The summed E-state index contributed by atoms with van der Waals surface area (Å²) in [5.41, 5.74) is 2.55. The van der Waals surface area contributed by atoms with Gasteiger partial charge in [-0.3, -0.25) is 9.59 Å². The number of rotatable bonds is 1. The van der Waals surface area contributed by atoms with Gasteiger partial charge in [-0.2, -0.15) is 0 Å². The Kier molecular flexibility index (Phi) is 3.71. The van der Waals surface area contributed by atoms with E-state index in [9.17, 15) is 9.59 Å². The molecule has 0 aliphatic carbocycles. The molecule has 0 N–H and O–H groups in total. The highest BCUT2D eigenvalue weighted by Crippen LogP contribution is 2.40. The summed E-state index contributed by atoms with van der Waals surface area (Å²) in [6.45, 7) is 7.30. The van der Waals surface area contributed by atoms with Crippen LogP contribution >= 0.6 is 0 Å². The second-order valence-corrected chi connectivity index (χ2v) is 6.55. The molecule has 1 aromatic carbocycles. The molecule has 1 spiro atoms. The fourth-order valence-electron chi connectivity index (χ4n) is 3.42. The molecule has 3 rings (SSSR count). The lowest BCUT2D eigenvalue weighted by atomic mass is 9.82. The minimum atomic E-state index is -0.420. The van der Waals surface area contributed by atoms with Gasteiger partial charge in [0.2, 0.25) is 5.91 Å². The average Bonchev–Trinajstić information content (AvgIpc) is 2.49. The molecule has 0 unspecified atom stereocenters. The summed E-state index contributed by atoms with van der Waals surface area (Å²) in [4.78, 5) is 26.2. The molecule has 2 aliphatic heterocycles. The molecule has 1 saturated heterocycles. The third-order valence-corrected chi connectivity index (χ3v) is 5.04. The first-order valence-corrected chi connectivity index (χ1v) is 8.05. The molecule has 0 bridgehead atoms. The van der Waals surface area contributed by atoms with Crippen LogP contribution in [-0.4, -0.2) is 35.3 Å². The van der Waals surface area contributed by atoms with Gasteiger partial charge in [0.05, 0.1) is 12.0 Å². The zero-order valence-electron chi connectivity index (χ0n) is 13.6. The zero-order chi connectivity index (χ0) is 15.9. The number of Topliss-reactive ketones (excluding diaryl/α,β-unsaturated/α-hetero) is 1. The SMILES string of the molecule is CCC(=O)N1CCC2(CC1)CC(=O)c1cc(C)c(C)cc1O2. The van der Waals surface area contributed by atoms with Gasteiger partial charge in [0.1, 0.15) is 11.4 Å². The summed E-state index contributed by atoms with van der Waals surface area (Å²) in [5, 5.41) is 0. The van der Waals surface area contributed by atoms with Crippen LogP contribution in [0.4, 0.5) is 0 Å². The predicted octanol–water partition coefficient (Wildman–Crippen LogP) is 3.04. The number of aryl methyl sites for hydroxylation is 2. The topological polar surface area (TPSA) is 46.6 Å². The van der Waals surface area contributed by atoms with Gasteiger partial charge in [0.25, 0.3) is 0 Å². The summed E-state index contributed by atoms with van der Waals surface area (Å²) in [5.74, 6) is 1.07. The minimum Gasteiger partial charge on any atom is -0.486 e. The zero-order valence-corrected chi connectivity index (χ0v) is 13.6. The van der Waals surface area contributed by atoms with Gasteiger partial charge in [-0.25, -0.2) is 0 Å². The van der Waals surface area contributed by atoms with Gasteiger partial charge >= 0.3 is 0 Å². The summed E-state index contributed by atoms with van der Waals surface area (Å²) in [6, 6.07) is 3.92. The van der Waals surface area contributed by atoms with E-state index < -0.39 is 5.60 Å². The maximum Gasteiger partial charge on any atom is 0.222 e. The van der Waals surface area contributed by atoms with Crippen molar-refractivity contribution in [3.8, 4) is 5.75 Å². The fraction of sp³-hybridized carbons (Fsp3) is 0.556. The summed E-state index contributed by atoms with van der Waals surface area (Å²) in [7, 11) is 0. The lowest BCUT2D eigenvalue weighted by Crippen LogP contribution is -2.52. The van der Waals surface area contributed by atoms with Crippen molar-refractivity contribution in [1.82, 2.24) is 4.90 Å². The van der Waals surface area contributed by atoms with Crippen LogP contribution < -0.4 is 4.74 Å². The summed E-state index contributed by atoms with van der Waals surface area (Å²) < 4.78 is 6.27. The first-order chi connectivity index (χ1) is 10.4. The second kappa shape index (κ2) is 5.41. The maximum atomic E-state index is 12.5. The van der Waals surface area contributed by atoms with Crippen LogP contribution in [0.5, 0.6) is 5.75 Å². The highest BCUT2D eigenvalue weighted by atomic mass is 16.5. The van der Waals surface area contributed by atoms with Crippen LogP contribution in [0.15, 0.2) is 12.1 Å². The molecular weight excluding hydrogens is 278 g/mol. The number of carbonyl (C=O) groups excluding carboxylic acids is 2. The number of fused-ring (bicyclic) bond motifs is 1. The number of hydrogen-bond acceptors (Lipinski definition) is 3. The molecule has 1 aromatic rings. The van der Waals surface area contributed by atoms with Gasteiger partial charge in [0.15, 0.2) is 5.78 Å². The number of likely N-dealkylation sites (tertiary alicyclic amines) is 1. The molecule has 2 aliphatic rings. The van der Waals surface area contributed by atoms with Gasteiger partial charge < -0.3 is 9.64 Å². The fourth-order valence-corrected chi connectivity index (χ4v) is 3.42. The van der Waals surface area contributed by atoms with E-state index in [1.54, 1.807) is 0 Å². The highest BCUT2D eigenvalue weighted by Gasteiger charge is 2.43. The van der Waals surface area contributed by atoms with Crippen LogP contribution in [0.1, 0.15) is 54.1 Å². The van der Waals surface area contributed by atoms with E-state index in [0.717, 1.165) is 29.7 Å². The average molecular weight is 301 g/mol. The molecule has 1 fully saturated rings. The van der Waals surface area contributed by atoms with Crippen molar-refractivity contribution in [3.05, 3.63) is 28.8 Å². The van der Waals surface area contributed by atoms with E-state index in [4.69, 9.17) is 4.74 Å². The Bertz CT molecular complexity index is 627. The van der Waals surface area contributed by atoms with Crippen LogP contribution in [0.2, 0.25) is 0 Å². The Morgan fingerprint density at radius 1 is 1.23 bits per heavy atom. The lowest BCUT2D eigenvalue weighted by molar-refractivity contribution is -0.134. The van der Waals surface area contributed by atoms with E-state index in [0.29, 0.717) is 31.5 Å². The molecule has 4 nitrogen and oxygen atoms in total. The van der Waals surface area contributed by atoms with Crippen molar-refractivity contribution in [2.24, 2.45) is 0 Å². The highest BCUT2D eigenvalue weighted by molar-refractivity contribution is 6.00. The van der Waals surface area contributed by atoms with E-state index in [2.05, 4.69) is 0 Å². The number of carbonyl (C=O) groups is 2. The van der Waals surface area contributed by atoms with Crippen molar-refractivity contribution in [3.63, 3.8) is 0 Å². The Morgan fingerprint density at radius 3 is 2.50 bits per heavy atom. The van der Waals surface area contributed by atoms with E-state index >= 15 is 0 Å². The van der Waals surface area contributed by atoms with Crippen molar-refractivity contribution in [2.75, 3.05) is 13.1 Å². The lowest BCUT2D eigenvalue weighted by Gasteiger charge is -2.44. The van der Waals surface area contributed by atoms with E-state index in [1.165, 1.54) is 0 Å². The smallest absolute Gasteiger partial charge is 0.222 e. The number of piperidine rings is 1. The standard InChI is InChI=1S/C18H23NO3/c1-4-17(21)19-7-5-18(6-8-19)11-15(20)14-9-12(2)13(3)10-16(14)22-18/h9-10H,4-8,11H2,1-3H3. The van der Waals surface area contributed by atoms with Crippen LogP contribution in [0, 0.1) is 13.8 Å². The van der Waals surface area contributed by atoms with Crippen molar-refractivity contribution in [2.45, 2.75) is 52.1 Å². The second-order valence-electron chi connectivity index (χ2n) is 6.55. The van der Waals surface area contributed by atoms with Crippen LogP contribution in [0.25, 0.3) is 0 Å². The number of hydrogen-bond donors (Lipinski definition) is 0. The van der Waals surface area contributed by atoms with Gasteiger partial charge in [-0.15, -0.1) is 0 Å². The number of nitrogens with zero attached hydrogens (tertiary/aromatic N) is 1. The molecule has 2 heterocycles. The number of amides is 1. The predicted molar refractivity (Wildman–Crippen MR) is 84.3 cm³/mol. The number of benzene rings is 1. The van der Waals surface area contributed by atoms with Crippen molar-refractivity contribution >= 4 is 11.7 Å². The number of ketones is 1. The summed E-state index contributed by atoms with van der Waals surface area (Å²) >= 11 is 0. The van der Waals surface area contributed by atoms with Crippen molar-refractivity contribution < 1.29 is 14.3 Å².